The number of aromatic nitrogens is 2. The van der Waals surface area contributed by atoms with Crippen molar-refractivity contribution >= 4 is 28.8 Å². The van der Waals surface area contributed by atoms with Crippen LogP contribution in [0, 0.1) is 0 Å². The van der Waals surface area contributed by atoms with Crippen molar-refractivity contribution in [3.8, 4) is 0 Å². The molecule has 0 radical (unpaired) electrons. The molecule has 1 aliphatic heterocycles. The van der Waals surface area contributed by atoms with Crippen LogP contribution in [0.1, 0.15) is 33.0 Å². The number of fused-ring (bicyclic) bond motifs is 2. The Bertz CT molecular complexity index is 956. The lowest BCUT2D eigenvalue weighted by Crippen LogP contribution is -2.34. The zero-order chi connectivity index (χ0) is 18.1. The van der Waals surface area contributed by atoms with Gasteiger partial charge < -0.3 is 10.3 Å². The van der Waals surface area contributed by atoms with Crippen molar-refractivity contribution in [2.45, 2.75) is 13.0 Å². The van der Waals surface area contributed by atoms with Crippen LogP contribution in [0.3, 0.4) is 0 Å². The molecule has 0 atom stereocenters. The Morgan fingerprint density at radius 1 is 1.00 bits per heavy atom. The van der Waals surface area contributed by atoms with Gasteiger partial charge in [0.2, 0.25) is 5.91 Å². The highest BCUT2D eigenvalue weighted by molar-refractivity contribution is 6.21. The molecule has 0 spiro atoms. The molecule has 26 heavy (non-hydrogen) atoms. The van der Waals surface area contributed by atoms with Gasteiger partial charge in [0.25, 0.3) is 11.8 Å². The number of imidazole rings is 1. The first-order valence-electron chi connectivity index (χ1n) is 8.29. The van der Waals surface area contributed by atoms with Crippen LogP contribution in [0.4, 0.5) is 0 Å². The Labute approximate surface area is 149 Å². The lowest BCUT2D eigenvalue weighted by molar-refractivity contribution is -0.121. The van der Waals surface area contributed by atoms with Gasteiger partial charge in [-0.1, -0.05) is 24.3 Å². The molecule has 3 aromatic rings. The number of aromatic amines is 1. The number of carbonyl (C=O) groups is 3. The molecule has 0 saturated heterocycles. The lowest BCUT2D eigenvalue weighted by Gasteiger charge is -2.13. The van der Waals surface area contributed by atoms with E-state index in [1.165, 1.54) is 0 Å². The van der Waals surface area contributed by atoms with Gasteiger partial charge in [-0.05, 0) is 24.3 Å². The predicted octanol–water partition coefficient (Wildman–Crippen LogP) is 1.87. The van der Waals surface area contributed by atoms with Crippen molar-refractivity contribution < 1.29 is 14.4 Å². The number of benzene rings is 2. The number of H-pyrrole nitrogens is 1. The second-order valence-corrected chi connectivity index (χ2v) is 6.03. The van der Waals surface area contributed by atoms with Gasteiger partial charge in [-0.15, -0.1) is 0 Å². The normalized spacial score (nSPS) is 13.3. The second kappa shape index (κ2) is 6.44. The summed E-state index contributed by atoms with van der Waals surface area (Å²) in [5.74, 6) is -0.298. The number of para-hydroxylation sites is 2. The first kappa shape index (κ1) is 16.0. The van der Waals surface area contributed by atoms with E-state index in [2.05, 4.69) is 15.3 Å². The monoisotopic (exact) mass is 348 g/mol. The summed E-state index contributed by atoms with van der Waals surface area (Å²) in [5.41, 5.74) is 2.52. The summed E-state index contributed by atoms with van der Waals surface area (Å²) in [6, 6.07) is 14.3. The maximum atomic E-state index is 12.3. The summed E-state index contributed by atoms with van der Waals surface area (Å²) in [5, 5.41) is 2.75. The molecule has 7 heteroatoms. The van der Waals surface area contributed by atoms with E-state index in [9.17, 15) is 14.4 Å². The van der Waals surface area contributed by atoms with Crippen LogP contribution in [0.25, 0.3) is 11.0 Å². The zero-order valence-electron chi connectivity index (χ0n) is 13.9. The average Bonchev–Trinajstić information content (AvgIpc) is 3.18. The van der Waals surface area contributed by atoms with E-state index in [0.717, 1.165) is 15.9 Å². The Morgan fingerprint density at radius 3 is 2.35 bits per heavy atom. The van der Waals surface area contributed by atoms with Crippen LogP contribution in [-0.2, 0) is 11.3 Å². The van der Waals surface area contributed by atoms with Gasteiger partial charge in [-0.2, -0.15) is 0 Å². The van der Waals surface area contributed by atoms with Crippen LogP contribution in [0.2, 0.25) is 0 Å². The summed E-state index contributed by atoms with van der Waals surface area (Å²) in [4.78, 5) is 45.2. The van der Waals surface area contributed by atoms with Gasteiger partial charge in [0.1, 0.15) is 5.82 Å². The number of carbonyl (C=O) groups excluding carboxylic acids is 3. The average molecular weight is 348 g/mol. The molecule has 3 amide bonds. The Balaban J connectivity index is 1.33. The first-order valence-corrected chi connectivity index (χ1v) is 8.29. The molecule has 4 rings (SSSR count). The Kier molecular flexibility index (Phi) is 3.96. The number of nitrogens with one attached hydrogen (secondary N) is 2. The van der Waals surface area contributed by atoms with Gasteiger partial charge in [0.15, 0.2) is 0 Å². The van der Waals surface area contributed by atoms with Crippen molar-refractivity contribution in [1.29, 1.82) is 0 Å². The van der Waals surface area contributed by atoms with Crippen LogP contribution >= 0.6 is 0 Å². The fraction of sp³-hybridized carbons (Fsp3) is 0.158. The van der Waals surface area contributed by atoms with Crippen molar-refractivity contribution in [1.82, 2.24) is 20.2 Å². The van der Waals surface area contributed by atoms with E-state index in [1.807, 2.05) is 24.3 Å². The molecule has 2 N–H and O–H groups in total. The van der Waals surface area contributed by atoms with E-state index in [1.54, 1.807) is 24.3 Å². The Hall–Kier alpha value is -3.48. The molecular weight excluding hydrogens is 332 g/mol. The first-order chi connectivity index (χ1) is 12.6. The third-order valence-corrected chi connectivity index (χ3v) is 4.33. The topological polar surface area (TPSA) is 95.2 Å². The van der Waals surface area contributed by atoms with Crippen molar-refractivity contribution in [2.75, 3.05) is 6.54 Å². The van der Waals surface area contributed by atoms with E-state index in [-0.39, 0.29) is 37.2 Å². The quantitative estimate of drug-likeness (QED) is 0.688. The molecule has 0 fully saturated rings. The molecule has 0 unspecified atom stereocenters. The summed E-state index contributed by atoms with van der Waals surface area (Å²) in [7, 11) is 0. The predicted molar refractivity (Wildman–Crippen MR) is 94.4 cm³/mol. The SMILES string of the molecule is O=C(CCN1C(=O)c2ccccc2C1=O)NCc1nc2ccccc2[nH]1. The number of nitrogens with zero attached hydrogens (tertiary/aromatic N) is 2. The van der Waals surface area contributed by atoms with Crippen molar-refractivity contribution in [2.24, 2.45) is 0 Å². The standard InChI is InChI=1S/C19H16N4O3/c24-17(20-11-16-21-14-7-3-4-8-15(14)22-16)9-10-23-18(25)12-5-1-2-6-13(12)19(23)26/h1-8H,9-11H2,(H,20,24)(H,21,22). The molecule has 0 bridgehead atoms. The number of imide groups is 1. The van der Waals surface area contributed by atoms with E-state index >= 15 is 0 Å². The minimum atomic E-state index is -0.351. The highest BCUT2D eigenvalue weighted by Crippen LogP contribution is 2.22. The molecule has 7 nitrogen and oxygen atoms in total. The van der Waals surface area contributed by atoms with Gasteiger partial charge in [0, 0.05) is 13.0 Å². The molecule has 1 aliphatic rings. The molecule has 0 saturated carbocycles. The van der Waals surface area contributed by atoms with Crippen LogP contribution < -0.4 is 5.32 Å². The molecule has 2 aromatic carbocycles. The zero-order valence-corrected chi connectivity index (χ0v) is 13.9. The maximum Gasteiger partial charge on any atom is 0.261 e. The van der Waals surface area contributed by atoms with Gasteiger partial charge in [-0.25, -0.2) is 4.98 Å². The van der Waals surface area contributed by atoms with Crippen LogP contribution in [0.5, 0.6) is 0 Å². The summed E-state index contributed by atoms with van der Waals surface area (Å²) in [6.45, 7) is 0.313. The summed E-state index contributed by atoms with van der Waals surface area (Å²) < 4.78 is 0. The molecular formula is C19H16N4O3. The van der Waals surface area contributed by atoms with E-state index in [0.29, 0.717) is 17.0 Å². The maximum absolute atomic E-state index is 12.3. The van der Waals surface area contributed by atoms with Crippen LogP contribution in [0.15, 0.2) is 48.5 Å². The highest BCUT2D eigenvalue weighted by atomic mass is 16.2. The smallest absolute Gasteiger partial charge is 0.261 e. The molecule has 1 aromatic heterocycles. The fourth-order valence-electron chi connectivity index (χ4n) is 3.02. The molecule has 130 valence electrons. The summed E-state index contributed by atoms with van der Waals surface area (Å²) >= 11 is 0. The highest BCUT2D eigenvalue weighted by Gasteiger charge is 2.34. The largest absolute Gasteiger partial charge is 0.349 e. The van der Waals surface area contributed by atoms with Crippen molar-refractivity contribution in [3.05, 3.63) is 65.5 Å². The minimum absolute atomic E-state index is 0.0473. The van der Waals surface area contributed by atoms with Crippen molar-refractivity contribution in [3.63, 3.8) is 0 Å². The third kappa shape index (κ3) is 2.83. The van der Waals surface area contributed by atoms with Crippen LogP contribution in [-0.4, -0.2) is 39.1 Å². The summed E-state index contributed by atoms with van der Waals surface area (Å²) in [6.07, 6.45) is 0.0473. The van der Waals surface area contributed by atoms with Gasteiger partial charge in [-0.3, -0.25) is 19.3 Å². The second-order valence-electron chi connectivity index (χ2n) is 6.03. The molecule has 0 aliphatic carbocycles. The molecule has 2 heterocycles. The van der Waals surface area contributed by atoms with E-state index < -0.39 is 0 Å². The fourth-order valence-corrected chi connectivity index (χ4v) is 3.02. The van der Waals surface area contributed by atoms with E-state index in [4.69, 9.17) is 0 Å². The number of hydrogen-bond acceptors (Lipinski definition) is 4. The Morgan fingerprint density at radius 2 is 1.65 bits per heavy atom. The van der Waals surface area contributed by atoms with Gasteiger partial charge >= 0.3 is 0 Å². The third-order valence-electron chi connectivity index (χ3n) is 4.33. The number of rotatable bonds is 5. The number of hydrogen-bond donors (Lipinski definition) is 2. The minimum Gasteiger partial charge on any atom is -0.349 e. The van der Waals surface area contributed by atoms with Gasteiger partial charge in [0.05, 0.1) is 28.7 Å². The number of amides is 3. The lowest BCUT2D eigenvalue weighted by atomic mass is 10.1.